The molecule has 3 aliphatic rings. The van der Waals surface area contributed by atoms with Crippen LogP contribution in [0.2, 0.25) is 0 Å². The van der Waals surface area contributed by atoms with Crippen LogP contribution >= 0.6 is 0 Å². The molecule has 1 aromatic heterocycles. The molecule has 0 bridgehead atoms. The summed E-state index contributed by atoms with van der Waals surface area (Å²) in [6.07, 6.45) is 8.01. The Hall–Kier alpha value is -3.40. The molecule has 1 aliphatic carbocycles. The maximum atomic E-state index is 13.8. The first-order valence-corrected chi connectivity index (χ1v) is 16.9. The molecule has 1 atom stereocenters. The van der Waals surface area contributed by atoms with Gasteiger partial charge >= 0.3 is 0 Å². The minimum absolute atomic E-state index is 0.00555. The smallest absolute Gasteiger partial charge is 0.251 e. The van der Waals surface area contributed by atoms with E-state index in [1.54, 1.807) is 25.5 Å². The van der Waals surface area contributed by atoms with E-state index in [0.29, 0.717) is 36.8 Å². The third-order valence-electron chi connectivity index (χ3n) is 8.96. The average molecular weight is 619 g/mol. The summed E-state index contributed by atoms with van der Waals surface area (Å²) in [5, 5.41) is 10.8. The molecule has 1 amide bonds. The molecule has 2 fully saturated rings. The van der Waals surface area contributed by atoms with Gasteiger partial charge in [0.25, 0.3) is 5.91 Å². The Morgan fingerprint density at radius 2 is 1.84 bits per heavy atom. The number of rotatable bonds is 8. The van der Waals surface area contributed by atoms with Crippen molar-refractivity contribution in [2.45, 2.75) is 58.4 Å². The highest BCUT2D eigenvalue weighted by atomic mass is 32.2. The molecule has 3 aromatic rings. The third kappa shape index (κ3) is 6.10. The number of aliphatic hydroxyl groups is 1. The van der Waals surface area contributed by atoms with Gasteiger partial charge in [-0.2, -0.15) is 0 Å². The van der Waals surface area contributed by atoms with Gasteiger partial charge in [-0.15, -0.1) is 0 Å². The predicted octanol–water partition coefficient (Wildman–Crippen LogP) is 5.94. The Morgan fingerprint density at radius 1 is 1.11 bits per heavy atom. The predicted molar refractivity (Wildman–Crippen MR) is 180 cm³/mol. The molecule has 0 spiro atoms. The first-order valence-electron chi connectivity index (χ1n) is 15.8. The molecule has 1 saturated carbocycles. The van der Waals surface area contributed by atoms with Gasteiger partial charge in [-0.05, 0) is 60.2 Å². The summed E-state index contributed by atoms with van der Waals surface area (Å²) < 4.78 is 25.0. The zero-order valence-corrected chi connectivity index (χ0v) is 27.5. The van der Waals surface area contributed by atoms with Crippen LogP contribution in [0, 0.1) is 5.92 Å². The average Bonchev–Trinajstić information content (AvgIpc) is 3.23. The summed E-state index contributed by atoms with van der Waals surface area (Å²) in [6, 6.07) is 12.5. The van der Waals surface area contributed by atoms with Crippen LogP contribution in [-0.4, -0.2) is 69.9 Å². The van der Waals surface area contributed by atoms with Crippen LogP contribution in [0.1, 0.15) is 68.6 Å². The van der Waals surface area contributed by atoms with Crippen LogP contribution in [0.25, 0.3) is 33.9 Å². The van der Waals surface area contributed by atoms with Crippen molar-refractivity contribution in [1.29, 1.82) is 0 Å². The monoisotopic (exact) mass is 618 g/mol. The topological polar surface area (TPSA) is 87.0 Å². The van der Waals surface area contributed by atoms with Gasteiger partial charge < -0.3 is 19.3 Å². The van der Waals surface area contributed by atoms with E-state index in [1.165, 1.54) is 30.2 Å². The highest BCUT2D eigenvalue weighted by Gasteiger charge is 2.35. The lowest BCUT2D eigenvalue weighted by Crippen LogP contribution is -2.52. The molecule has 2 aromatic carbocycles. The summed E-state index contributed by atoms with van der Waals surface area (Å²) in [6.45, 7) is 9.86. The van der Waals surface area contributed by atoms with Gasteiger partial charge in [0.05, 0.1) is 19.3 Å². The van der Waals surface area contributed by atoms with Crippen molar-refractivity contribution in [3.8, 4) is 17.0 Å². The van der Waals surface area contributed by atoms with Gasteiger partial charge in [-0.1, -0.05) is 51.8 Å². The fourth-order valence-corrected chi connectivity index (χ4v) is 7.18. The number of amides is 1. The zero-order chi connectivity index (χ0) is 31.5. The normalized spacial score (nSPS) is 17.4. The zero-order valence-electron chi connectivity index (χ0n) is 26.7. The van der Waals surface area contributed by atoms with Crippen molar-refractivity contribution in [2.75, 3.05) is 40.9 Å². The molecule has 9 heteroatoms. The quantitative estimate of drug-likeness (QED) is 0.327. The number of carbonyl (C=O) groups is 1. The van der Waals surface area contributed by atoms with E-state index in [2.05, 4.69) is 40.1 Å². The molecule has 3 heterocycles. The van der Waals surface area contributed by atoms with E-state index in [1.807, 2.05) is 37.0 Å². The fraction of sp³-hybridized carbons (Fsp3) is 0.457. The molecule has 6 rings (SSSR count). The van der Waals surface area contributed by atoms with Crippen LogP contribution in [0.15, 0.2) is 48.6 Å². The number of nitrogens with one attached hydrogen (secondary N) is 1. The minimum atomic E-state index is -1.40. The van der Waals surface area contributed by atoms with E-state index in [0.717, 1.165) is 46.5 Å². The summed E-state index contributed by atoms with van der Waals surface area (Å²) >= 11 is -1.40. The first kappa shape index (κ1) is 32.0. The Labute approximate surface area is 264 Å². The second kappa shape index (κ2) is 13.7. The number of hydrogen-bond acceptors (Lipinski definition) is 4. The second-order valence-electron chi connectivity index (χ2n) is 11.9. The van der Waals surface area contributed by atoms with Crippen LogP contribution in [0.5, 0.6) is 5.75 Å². The van der Waals surface area contributed by atoms with Crippen molar-refractivity contribution < 1.29 is 18.8 Å². The highest BCUT2D eigenvalue weighted by molar-refractivity contribution is 7.80. The fourth-order valence-electron chi connectivity index (χ4n) is 6.67. The van der Waals surface area contributed by atoms with E-state index in [-0.39, 0.29) is 18.4 Å². The largest absolute Gasteiger partial charge is 0.497 e. The Kier molecular flexibility index (Phi) is 9.97. The van der Waals surface area contributed by atoms with Crippen molar-refractivity contribution in [2.24, 2.45) is 5.92 Å². The summed E-state index contributed by atoms with van der Waals surface area (Å²) in [5.74, 6) is 1.33. The van der Waals surface area contributed by atoms with Crippen LogP contribution in [-0.2, 0) is 22.5 Å². The highest BCUT2D eigenvalue weighted by Crippen LogP contribution is 2.47. The number of methoxy groups -OCH3 is 1. The van der Waals surface area contributed by atoms with Crippen molar-refractivity contribution in [1.82, 2.24) is 18.5 Å². The molecular formula is C35H46N4O4S. The van der Waals surface area contributed by atoms with Gasteiger partial charge in [-0.3, -0.25) is 9.52 Å². The molecule has 236 valence electrons. The second-order valence-corrected chi connectivity index (χ2v) is 13.4. The summed E-state index contributed by atoms with van der Waals surface area (Å²) in [4.78, 5) is 15.7. The Morgan fingerprint density at radius 3 is 2.50 bits per heavy atom. The standard InChI is InChI=1S/C33H40N4O4S.C2H6/c1-21(34-42(40)35(2)3)24-10-12-29-30(16-24)37-19-26(33(39)36-17-22(18-36)20-38)14-25-15-27(41-4)11-13-28(25)32(37)31(29)23-8-6-5-7-9-23;1-2/h10-16,22-23,34,38H,1,5-9,17-20H2,2-4H3;1-2H3. The van der Waals surface area contributed by atoms with E-state index >= 15 is 0 Å². The molecule has 2 N–H and O–H groups in total. The number of ether oxygens (including phenoxy) is 1. The lowest BCUT2D eigenvalue weighted by molar-refractivity contribution is -0.134. The Balaban J connectivity index is 0.00000188. The van der Waals surface area contributed by atoms with Crippen LogP contribution in [0.3, 0.4) is 0 Å². The van der Waals surface area contributed by atoms with E-state index in [4.69, 9.17) is 4.74 Å². The van der Waals surface area contributed by atoms with Gasteiger partial charge in [0.15, 0.2) is 11.2 Å². The number of likely N-dealkylation sites (tertiary alicyclic amines) is 1. The van der Waals surface area contributed by atoms with Gasteiger partial charge in [0.1, 0.15) is 5.75 Å². The van der Waals surface area contributed by atoms with Crippen molar-refractivity contribution in [3.05, 3.63) is 65.2 Å². The number of nitrogens with zero attached hydrogens (tertiary/aromatic N) is 3. The molecule has 1 unspecified atom stereocenters. The SMILES string of the molecule is C=C(NS(=O)N(C)C)c1ccc2c(C3CCCCC3)c3n(c2c1)CC(C(=O)N1CC(CO)C1)=Cc1cc(OC)ccc1-3.CC. The molecule has 1 saturated heterocycles. The maximum absolute atomic E-state index is 13.8. The number of fused-ring (bicyclic) bond motifs is 5. The third-order valence-corrected chi connectivity index (χ3v) is 10.0. The summed E-state index contributed by atoms with van der Waals surface area (Å²) in [7, 11) is 5.17. The van der Waals surface area contributed by atoms with Crippen LogP contribution in [0.4, 0.5) is 0 Å². The molecule has 8 nitrogen and oxygen atoms in total. The van der Waals surface area contributed by atoms with Gasteiger partial charge in [0.2, 0.25) is 0 Å². The Bertz CT molecular complexity index is 1600. The molecule has 0 radical (unpaired) electrons. The lowest BCUT2D eigenvalue weighted by Gasteiger charge is -2.38. The molecule has 44 heavy (non-hydrogen) atoms. The van der Waals surface area contributed by atoms with Crippen molar-refractivity contribution in [3.63, 3.8) is 0 Å². The number of benzene rings is 2. The number of aromatic nitrogens is 1. The van der Waals surface area contributed by atoms with Crippen LogP contribution < -0.4 is 9.46 Å². The minimum Gasteiger partial charge on any atom is -0.497 e. The number of hydrogen-bond donors (Lipinski definition) is 2. The first-order chi connectivity index (χ1) is 21.3. The number of aliphatic hydroxyl groups excluding tert-OH is 1. The molecular weight excluding hydrogens is 572 g/mol. The van der Waals surface area contributed by atoms with Gasteiger partial charge in [-0.25, -0.2) is 8.51 Å². The summed E-state index contributed by atoms with van der Waals surface area (Å²) in [5.41, 5.74) is 7.78. The molecule has 2 aliphatic heterocycles. The lowest BCUT2D eigenvalue weighted by atomic mass is 9.81. The maximum Gasteiger partial charge on any atom is 0.251 e. The van der Waals surface area contributed by atoms with E-state index < -0.39 is 11.2 Å². The number of carbonyl (C=O) groups excluding carboxylic acids is 1. The van der Waals surface area contributed by atoms with E-state index in [9.17, 15) is 14.1 Å². The van der Waals surface area contributed by atoms with Crippen molar-refractivity contribution >= 4 is 39.8 Å². The van der Waals surface area contributed by atoms with Gasteiger partial charge in [0, 0.05) is 73.0 Å².